The lowest BCUT2D eigenvalue weighted by Gasteiger charge is -2.21. The summed E-state index contributed by atoms with van der Waals surface area (Å²) < 4.78 is 11.3. The van der Waals surface area contributed by atoms with Crippen molar-refractivity contribution >= 4 is 75.3 Å². The van der Waals surface area contributed by atoms with Crippen LogP contribution in [0.1, 0.15) is 11.1 Å². The predicted octanol–water partition coefficient (Wildman–Crippen LogP) is 16.2. The maximum atomic E-state index is 6.40. The van der Waals surface area contributed by atoms with Crippen molar-refractivity contribution in [2.24, 2.45) is 0 Å². The summed E-state index contributed by atoms with van der Waals surface area (Å²) in [6.07, 6.45) is 0. The van der Waals surface area contributed by atoms with Gasteiger partial charge in [0.25, 0.3) is 0 Å². The number of hydrogen-bond acceptors (Lipinski definition) is 5. The highest BCUT2D eigenvalue weighted by atomic mass is 32.1. The smallest absolute Gasteiger partial charge is 0.164 e. The molecule has 65 heavy (non-hydrogen) atoms. The molecule has 4 aromatic heterocycles. The molecule has 0 unspecified atom stereocenters. The Labute approximate surface area is 378 Å². The molecule has 5 nitrogen and oxygen atoms in total. The van der Waals surface area contributed by atoms with Crippen LogP contribution in [0.3, 0.4) is 0 Å². The van der Waals surface area contributed by atoms with Crippen LogP contribution in [-0.2, 0) is 0 Å². The standard InChI is InChI=1S/C59H38N4OS/c1-35-21-27-50-48(29-35)49-30-36(2)22-28-51(49)63(50)56-46(37-13-5-3-6-14-37)31-41(32-47(56)38-15-7-4-8-16-38)59-61-57(39-23-25-43-42-17-9-11-19-52(42)64-53(43)33-39)60-58(62-59)40-24-26-45-44-18-10-12-20-54(44)65-55(45)34-40/h3-34H,1-2H3. The highest BCUT2D eigenvalue weighted by molar-refractivity contribution is 7.25. The minimum atomic E-state index is 0.573. The molecule has 0 bridgehead atoms. The fraction of sp³-hybridized carbons (Fsp3) is 0.0339. The summed E-state index contributed by atoms with van der Waals surface area (Å²) in [6.45, 7) is 4.34. The molecule has 0 atom stereocenters. The first-order valence-electron chi connectivity index (χ1n) is 21.9. The van der Waals surface area contributed by atoms with Crippen LogP contribution in [0.5, 0.6) is 0 Å². The number of hydrogen-bond donors (Lipinski definition) is 0. The van der Waals surface area contributed by atoms with Crippen molar-refractivity contribution < 1.29 is 4.42 Å². The number of nitrogens with zero attached hydrogens (tertiary/aromatic N) is 4. The van der Waals surface area contributed by atoms with Gasteiger partial charge in [-0.3, -0.25) is 0 Å². The van der Waals surface area contributed by atoms with E-state index in [0.29, 0.717) is 17.5 Å². The number of thiophene rings is 1. The number of rotatable bonds is 6. The van der Waals surface area contributed by atoms with Crippen LogP contribution >= 0.6 is 11.3 Å². The molecule has 0 saturated carbocycles. The maximum Gasteiger partial charge on any atom is 0.164 e. The molecule has 306 valence electrons. The Balaban J connectivity index is 1.10. The zero-order valence-electron chi connectivity index (χ0n) is 35.6. The van der Waals surface area contributed by atoms with Crippen LogP contribution in [0.15, 0.2) is 199 Å². The molecule has 0 aliphatic rings. The maximum absolute atomic E-state index is 6.40. The van der Waals surface area contributed by atoms with Crippen LogP contribution in [-0.4, -0.2) is 19.5 Å². The van der Waals surface area contributed by atoms with E-state index in [-0.39, 0.29) is 0 Å². The Morgan fingerprint density at radius 3 is 1.52 bits per heavy atom. The van der Waals surface area contributed by atoms with E-state index < -0.39 is 0 Å². The van der Waals surface area contributed by atoms with Gasteiger partial charge in [0.15, 0.2) is 17.5 Å². The Hall–Kier alpha value is -8.19. The average Bonchev–Trinajstić information content (AvgIpc) is 4.02. The minimum Gasteiger partial charge on any atom is -0.456 e. The molecular weight excluding hydrogens is 813 g/mol. The molecule has 6 heteroatoms. The van der Waals surface area contributed by atoms with Crippen LogP contribution < -0.4 is 0 Å². The molecule has 0 saturated heterocycles. The van der Waals surface area contributed by atoms with E-state index in [0.717, 1.165) is 77.6 Å². The first kappa shape index (κ1) is 37.4. The van der Waals surface area contributed by atoms with Gasteiger partial charge in [0.1, 0.15) is 11.2 Å². The SMILES string of the molecule is Cc1ccc2c(c1)c1cc(C)ccc1n2-c1c(-c2ccccc2)cc(-c2nc(-c3ccc4c(c3)oc3ccccc34)nc(-c3ccc4c(c3)sc3ccccc34)n2)cc1-c1ccccc1. The lowest BCUT2D eigenvalue weighted by Crippen LogP contribution is -2.04. The molecule has 0 spiro atoms. The van der Waals surface area contributed by atoms with Crippen molar-refractivity contribution in [2.75, 3.05) is 0 Å². The Morgan fingerprint density at radius 1 is 0.369 bits per heavy atom. The third kappa shape index (κ3) is 6.17. The van der Waals surface area contributed by atoms with E-state index >= 15 is 0 Å². The largest absolute Gasteiger partial charge is 0.456 e. The number of aryl methyl sites for hydroxylation is 2. The van der Waals surface area contributed by atoms with E-state index in [9.17, 15) is 0 Å². The third-order valence-electron chi connectivity index (χ3n) is 12.7. The van der Waals surface area contributed by atoms with E-state index in [2.05, 4.69) is 194 Å². The number of fused-ring (bicyclic) bond motifs is 9. The molecule has 0 radical (unpaired) electrons. The second-order valence-corrected chi connectivity index (χ2v) is 18.0. The van der Waals surface area contributed by atoms with E-state index in [1.807, 2.05) is 18.2 Å². The van der Waals surface area contributed by atoms with Gasteiger partial charge in [-0.15, -0.1) is 11.3 Å². The predicted molar refractivity (Wildman–Crippen MR) is 271 cm³/mol. The molecule has 4 heterocycles. The molecule has 0 aliphatic carbocycles. The fourth-order valence-corrected chi connectivity index (χ4v) is 10.8. The number of furan rings is 1. The molecule has 0 amide bonds. The van der Waals surface area contributed by atoms with E-state index in [1.54, 1.807) is 11.3 Å². The van der Waals surface area contributed by atoms with Gasteiger partial charge in [0, 0.05) is 69.5 Å². The van der Waals surface area contributed by atoms with Crippen LogP contribution in [0, 0.1) is 13.8 Å². The van der Waals surface area contributed by atoms with Gasteiger partial charge in [-0.05, 0) is 91.7 Å². The Kier molecular flexibility index (Phi) is 8.45. The molecular formula is C59H38N4OS. The molecule has 0 fully saturated rings. The highest BCUT2D eigenvalue weighted by Gasteiger charge is 2.24. The van der Waals surface area contributed by atoms with Gasteiger partial charge >= 0.3 is 0 Å². The lowest BCUT2D eigenvalue weighted by molar-refractivity contribution is 0.669. The van der Waals surface area contributed by atoms with Gasteiger partial charge in [-0.25, -0.2) is 15.0 Å². The van der Waals surface area contributed by atoms with Crippen LogP contribution in [0.25, 0.3) is 126 Å². The van der Waals surface area contributed by atoms with E-state index in [1.165, 1.54) is 42.1 Å². The Bertz CT molecular complexity index is 3780. The molecule has 0 N–H and O–H groups in total. The summed E-state index contributed by atoms with van der Waals surface area (Å²) in [7, 11) is 0. The molecule has 13 rings (SSSR count). The monoisotopic (exact) mass is 850 g/mol. The van der Waals surface area contributed by atoms with Crippen molar-refractivity contribution in [1.82, 2.24) is 19.5 Å². The summed E-state index contributed by atoms with van der Waals surface area (Å²) in [4.78, 5) is 16.0. The average molecular weight is 851 g/mol. The topological polar surface area (TPSA) is 56.7 Å². The van der Waals surface area contributed by atoms with Gasteiger partial charge < -0.3 is 8.98 Å². The van der Waals surface area contributed by atoms with Crippen molar-refractivity contribution in [3.8, 4) is 62.1 Å². The first-order valence-corrected chi connectivity index (χ1v) is 22.7. The molecule has 13 aromatic rings. The van der Waals surface area contributed by atoms with Crippen LogP contribution in [0.2, 0.25) is 0 Å². The number of para-hydroxylation sites is 1. The lowest BCUT2D eigenvalue weighted by atomic mass is 9.92. The third-order valence-corrected chi connectivity index (χ3v) is 13.9. The zero-order chi connectivity index (χ0) is 43.2. The first-order chi connectivity index (χ1) is 32.0. The second-order valence-electron chi connectivity index (χ2n) is 17.0. The summed E-state index contributed by atoms with van der Waals surface area (Å²) in [5, 5.41) is 7.08. The number of aromatic nitrogens is 4. The van der Waals surface area contributed by atoms with Gasteiger partial charge in [-0.1, -0.05) is 139 Å². The van der Waals surface area contributed by atoms with Gasteiger partial charge in [0.2, 0.25) is 0 Å². The van der Waals surface area contributed by atoms with Crippen molar-refractivity contribution in [3.05, 3.63) is 205 Å². The van der Waals surface area contributed by atoms with E-state index in [4.69, 9.17) is 19.4 Å². The zero-order valence-corrected chi connectivity index (χ0v) is 36.4. The summed E-state index contributed by atoms with van der Waals surface area (Å²) >= 11 is 1.79. The molecule has 9 aromatic carbocycles. The summed E-state index contributed by atoms with van der Waals surface area (Å²) in [6, 6.07) is 69.2. The van der Waals surface area contributed by atoms with Crippen molar-refractivity contribution in [1.29, 1.82) is 0 Å². The normalized spacial score (nSPS) is 11.8. The van der Waals surface area contributed by atoms with Crippen LogP contribution in [0.4, 0.5) is 0 Å². The quantitative estimate of drug-likeness (QED) is 0.167. The fourth-order valence-electron chi connectivity index (χ4n) is 9.67. The van der Waals surface area contributed by atoms with Crippen molar-refractivity contribution in [2.45, 2.75) is 13.8 Å². The Morgan fingerprint density at radius 2 is 0.877 bits per heavy atom. The van der Waals surface area contributed by atoms with Gasteiger partial charge in [-0.2, -0.15) is 0 Å². The summed E-state index contributed by atoms with van der Waals surface area (Å²) in [5.41, 5.74) is 14.5. The van der Waals surface area contributed by atoms with Crippen molar-refractivity contribution in [3.63, 3.8) is 0 Å². The summed E-state index contributed by atoms with van der Waals surface area (Å²) in [5.74, 6) is 1.76. The minimum absolute atomic E-state index is 0.573. The highest BCUT2D eigenvalue weighted by Crippen LogP contribution is 2.45. The second kappa shape index (κ2) is 14.7. The number of benzene rings is 9. The molecule has 0 aliphatic heterocycles. The van der Waals surface area contributed by atoms with Gasteiger partial charge in [0.05, 0.1) is 16.7 Å².